The van der Waals surface area contributed by atoms with Crippen LogP contribution < -0.4 is 9.46 Å². The monoisotopic (exact) mass is 381 g/mol. The highest BCUT2D eigenvalue weighted by Crippen LogP contribution is 2.27. The summed E-state index contributed by atoms with van der Waals surface area (Å²) in [6.07, 6.45) is 0. The van der Waals surface area contributed by atoms with E-state index in [1.807, 2.05) is 62.4 Å². The van der Waals surface area contributed by atoms with Gasteiger partial charge in [-0.2, -0.15) is 4.72 Å². The third-order valence-electron chi connectivity index (χ3n) is 4.43. The van der Waals surface area contributed by atoms with Crippen LogP contribution in [0.2, 0.25) is 0 Å². The number of hydrogen-bond acceptors (Lipinski definition) is 3. The predicted octanol–water partition coefficient (Wildman–Crippen LogP) is 4.38. The van der Waals surface area contributed by atoms with Gasteiger partial charge in [-0.05, 0) is 49.2 Å². The fourth-order valence-electron chi connectivity index (χ4n) is 2.92. The van der Waals surface area contributed by atoms with Crippen LogP contribution in [-0.2, 0) is 10.0 Å². The van der Waals surface area contributed by atoms with Crippen molar-refractivity contribution in [3.05, 3.63) is 95.1 Å². The van der Waals surface area contributed by atoms with Crippen molar-refractivity contribution in [2.45, 2.75) is 24.8 Å². The molecule has 0 aromatic heterocycles. The number of methoxy groups -OCH3 is 1. The molecule has 0 bridgehead atoms. The van der Waals surface area contributed by atoms with Gasteiger partial charge in [0, 0.05) is 0 Å². The lowest BCUT2D eigenvalue weighted by atomic mass is 9.98. The molecule has 140 valence electrons. The number of benzene rings is 3. The molecular formula is C22H23NO3S. The maximum absolute atomic E-state index is 13.0. The minimum Gasteiger partial charge on any atom is -0.497 e. The molecule has 0 saturated carbocycles. The molecule has 3 aromatic carbocycles. The van der Waals surface area contributed by atoms with Gasteiger partial charge in [-0.25, -0.2) is 8.42 Å². The number of nitrogens with one attached hydrogen (secondary N) is 1. The minimum atomic E-state index is -3.68. The third-order valence-corrected chi connectivity index (χ3v) is 5.87. The van der Waals surface area contributed by atoms with E-state index in [9.17, 15) is 8.42 Å². The first-order valence-corrected chi connectivity index (χ1v) is 10.2. The Morgan fingerprint density at radius 2 is 1.48 bits per heavy atom. The molecule has 5 heteroatoms. The van der Waals surface area contributed by atoms with E-state index < -0.39 is 16.1 Å². The summed E-state index contributed by atoms with van der Waals surface area (Å²) in [5, 5.41) is 0. The average molecular weight is 381 g/mol. The van der Waals surface area contributed by atoms with Gasteiger partial charge in [0.2, 0.25) is 10.0 Å². The Kier molecular flexibility index (Phi) is 5.63. The highest BCUT2D eigenvalue weighted by Gasteiger charge is 2.23. The molecule has 0 heterocycles. The van der Waals surface area contributed by atoms with Crippen molar-refractivity contribution < 1.29 is 13.2 Å². The summed E-state index contributed by atoms with van der Waals surface area (Å²) in [5.74, 6) is 0.725. The summed E-state index contributed by atoms with van der Waals surface area (Å²) >= 11 is 0. The van der Waals surface area contributed by atoms with Crippen molar-refractivity contribution in [1.29, 1.82) is 0 Å². The standard InChI is InChI=1S/C22H23NO3S/c1-16-7-13-21(14-8-16)27(24,25)23-22(19-6-4-5-17(2)15-19)18-9-11-20(26-3)12-10-18/h4-15,22-23H,1-3H3/t22-/m0/s1. The number of ether oxygens (including phenoxy) is 1. The first-order chi connectivity index (χ1) is 12.9. The average Bonchev–Trinajstić information content (AvgIpc) is 2.67. The molecule has 0 amide bonds. The lowest BCUT2D eigenvalue weighted by molar-refractivity contribution is 0.414. The van der Waals surface area contributed by atoms with Crippen molar-refractivity contribution in [3.8, 4) is 5.75 Å². The zero-order valence-corrected chi connectivity index (χ0v) is 16.5. The van der Waals surface area contributed by atoms with Gasteiger partial charge in [0.1, 0.15) is 5.75 Å². The minimum absolute atomic E-state index is 0.249. The van der Waals surface area contributed by atoms with Crippen LogP contribution in [0.5, 0.6) is 5.75 Å². The van der Waals surface area contributed by atoms with Crippen LogP contribution in [0.15, 0.2) is 77.7 Å². The summed E-state index contributed by atoms with van der Waals surface area (Å²) in [6, 6.07) is 21.6. The summed E-state index contributed by atoms with van der Waals surface area (Å²) in [7, 11) is -2.08. The second-order valence-corrected chi connectivity index (χ2v) is 8.27. The van der Waals surface area contributed by atoms with Gasteiger partial charge in [0.25, 0.3) is 0 Å². The normalized spacial score (nSPS) is 12.6. The quantitative estimate of drug-likeness (QED) is 0.689. The van der Waals surface area contributed by atoms with Crippen molar-refractivity contribution in [2.75, 3.05) is 7.11 Å². The molecule has 0 fully saturated rings. The predicted molar refractivity (Wildman–Crippen MR) is 108 cm³/mol. The third kappa shape index (κ3) is 4.56. The van der Waals surface area contributed by atoms with E-state index in [1.165, 1.54) is 0 Å². The van der Waals surface area contributed by atoms with Gasteiger partial charge in [0.15, 0.2) is 0 Å². The topological polar surface area (TPSA) is 55.4 Å². The van der Waals surface area contributed by atoms with Gasteiger partial charge in [-0.3, -0.25) is 0 Å². The molecule has 0 unspecified atom stereocenters. The first-order valence-electron chi connectivity index (χ1n) is 8.68. The van der Waals surface area contributed by atoms with E-state index in [0.717, 1.165) is 28.0 Å². The van der Waals surface area contributed by atoms with Crippen molar-refractivity contribution >= 4 is 10.0 Å². The SMILES string of the molecule is COc1ccc([C@H](NS(=O)(=O)c2ccc(C)cc2)c2cccc(C)c2)cc1. The maximum Gasteiger partial charge on any atom is 0.241 e. The number of hydrogen-bond donors (Lipinski definition) is 1. The van der Waals surface area contributed by atoms with Crippen LogP contribution in [-0.4, -0.2) is 15.5 Å². The fourth-order valence-corrected chi connectivity index (χ4v) is 4.13. The van der Waals surface area contributed by atoms with E-state index in [-0.39, 0.29) is 4.90 Å². The zero-order chi connectivity index (χ0) is 19.4. The Morgan fingerprint density at radius 3 is 2.07 bits per heavy atom. The second-order valence-electron chi connectivity index (χ2n) is 6.55. The molecule has 0 aliphatic carbocycles. The van der Waals surface area contributed by atoms with Crippen LogP contribution in [0.3, 0.4) is 0 Å². The van der Waals surface area contributed by atoms with Crippen LogP contribution in [0.25, 0.3) is 0 Å². The zero-order valence-electron chi connectivity index (χ0n) is 15.6. The van der Waals surface area contributed by atoms with Crippen LogP contribution >= 0.6 is 0 Å². The molecule has 3 rings (SSSR count). The highest BCUT2D eigenvalue weighted by atomic mass is 32.2. The Bertz CT molecular complexity index is 1010. The number of sulfonamides is 1. The lowest BCUT2D eigenvalue weighted by Crippen LogP contribution is -2.29. The van der Waals surface area contributed by atoms with Gasteiger partial charge < -0.3 is 4.74 Å². The molecular weight excluding hydrogens is 358 g/mol. The summed E-state index contributed by atoms with van der Waals surface area (Å²) in [5.41, 5.74) is 3.81. The van der Waals surface area contributed by atoms with Gasteiger partial charge in [-0.1, -0.05) is 59.7 Å². The second kappa shape index (κ2) is 7.94. The molecule has 1 atom stereocenters. The summed E-state index contributed by atoms with van der Waals surface area (Å²) < 4.78 is 34.0. The molecule has 1 N–H and O–H groups in total. The van der Waals surface area contributed by atoms with Crippen molar-refractivity contribution in [1.82, 2.24) is 4.72 Å². The lowest BCUT2D eigenvalue weighted by Gasteiger charge is -2.21. The molecule has 0 aliphatic rings. The molecule has 27 heavy (non-hydrogen) atoms. The Balaban J connectivity index is 2.02. The smallest absolute Gasteiger partial charge is 0.241 e. The number of aryl methyl sites for hydroxylation is 2. The summed E-state index contributed by atoms with van der Waals surface area (Å²) in [6.45, 7) is 3.92. The Labute approximate surface area is 160 Å². The molecule has 0 radical (unpaired) electrons. The summed E-state index contributed by atoms with van der Waals surface area (Å²) in [4.78, 5) is 0.249. The Morgan fingerprint density at radius 1 is 0.815 bits per heavy atom. The molecule has 0 saturated heterocycles. The van der Waals surface area contributed by atoms with E-state index in [4.69, 9.17) is 4.74 Å². The van der Waals surface area contributed by atoms with E-state index in [2.05, 4.69) is 4.72 Å². The Hall–Kier alpha value is -2.63. The maximum atomic E-state index is 13.0. The molecule has 0 aliphatic heterocycles. The van der Waals surface area contributed by atoms with E-state index >= 15 is 0 Å². The largest absolute Gasteiger partial charge is 0.497 e. The van der Waals surface area contributed by atoms with Gasteiger partial charge in [0.05, 0.1) is 18.0 Å². The van der Waals surface area contributed by atoms with Gasteiger partial charge >= 0.3 is 0 Å². The fraction of sp³-hybridized carbons (Fsp3) is 0.182. The number of rotatable bonds is 6. The van der Waals surface area contributed by atoms with Crippen LogP contribution in [0, 0.1) is 13.8 Å². The molecule has 3 aromatic rings. The molecule has 0 spiro atoms. The van der Waals surface area contributed by atoms with Crippen molar-refractivity contribution in [2.24, 2.45) is 0 Å². The van der Waals surface area contributed by atoms with E-state index in [0.29, 0.717) is 0 Å². The highest BCUT2D eigenvalue weighted by molar-refractivity contribution is 7.89. The van der Waals surface area contributed by atoms with Crippen molar-refractivity contribution in [3.63, 3.8) is 0 Å². The molecule has 4 nitrogen and oxygen atoms in total. The van der Waals surface area contributed by atoms with Gasteiger partial charge in [-0.15, -0.1) is 0 Å². The first kappa shape index (κ1) is 19.1. The van der Waals surface area contributed by atoms with Crippen LogP contribution in [0.1, 0.15) is 28.3 Å². The van der Waals surface area contributed by atoms with E-state index in [1.54, 1.807) is 31.4 Å². The van der Waals surface area contributed by atoms with Crippen LogP contribution in [0.4, 0.5) is 0 Å².